The van der Waals surface area contributed by atoms with Crippen molar-refractivity contribution in [3.8, 4) is 11.5 Å². The minimum Gasteiger partial charge on any atom is -0.496 e. The topological polar surface area (TPSA) is 76.0 Å². The second-order valence-corrected chi connectivity index (χ2v) is 4.60. The first-order valence-electron chi connectivity index (χ1n) is 5.48. The largest absolute Gasteiger partial charge is 0.496 e. The molecule has 0 aliphatic carbocycles. The Kier molecular flexibility index (Phi) is 4.19. The van der Waals surface area contributed by atoms with Gasteiger partial charge in [-0.05, 0) is 6.07 Å². The highest BCUT2D eigenvalue weighted by atomic mass is 16.5. The molecule has 0 fully saturated rings. The molecule has 1 rings (SSSR count). The Labute approximate surface area is 106 Å². The van der Waals surface area contributed by atoms with Crippen molar-refractivity contribution >= 4 is 5.97 Å². The van der Waals surface area contributed by atoms with Crippen LogP contribution in [0.3, 0.4) is 0 Å². The number of aromatic carboxylic acids is 1. The van der Waals surface area contributed by atoms with Crippen LogP contribution in [0.5, 0.6) is 11.5 Å². The quantitative estimate of drug-likeness (QED) is 0.836. The zero-order valence-corrected chi connectivity index (χ0v) is 11.0. The van der Waals surface area contributed by atoms with E-state index in [2.05, 4.69) is 0 Å². The Morgan fingerprint density at radius 1 is 1.22 bits per heavy atom. The van der Waals surface area contributed by atoms with Crippen LogP contribution in [-0.4, -0.2) is 37.0 Å². The summed E-state index contributed by atoms with van der Waals surface area (Å²) in [6.07, 6.45) is 0. The van der Waals surface area contributed by atoms with Crippen LogP contribution in [0.2, 0.25) is 0 Å². The normalized spacial score (nSPS) is 11.2. The van der Waals surface area contributed by atoms with E-state index < -0.39 is 11.4 Å². The molecule has 0 heterocycles. The Morgan fingerprint density at radius 3 is 2.17 bits per heavy atom. The zero-order valence-electron chi connectivity index (χ0n) is 11.0. The summed E-state index contributed by atoms with van der Waals surface area (Å²) >= 11 is 0. The van der Waals surface area contributed by atoms with E-state index in [0.29, 0.717) is 11.3 Å². The van der Waals surface area contributed by atoms with Gasteiger partial charge in [0.25, 0.3) is 0 Å². The van der Waals surface area contributed by atoms with Crippen molar-refractivity contribution in [3.63, 3.8) is 0 Å². The van der Waals surface area contributed by atoms with E-state index in [-0.39, 0.29) is 17.9 Å². The Morgan fingerprint density at radius 2 is 1.78 bits per heavy atom. The number of carboxylic acid groups (broad SMARTS) is 1. The number of hydrogen-bond donors (Lipinski definition) is 2. The highest BCUT2D eigenvalue weighted by Gasteiger charge is 2.27. The summed E-state index contributed by atoms with van der Waals surface area (Å²) in [7, 11) is 2.89. The van der Waals surface area contributed by atoms with Crippen molar-refractivity contribution in [2.24, 2.45) is 0 Å². The lowest BCUT2D eigenvalue weighted by molar-refractivity contribution is 0.0693. The molecule has 0 unspecified atom stereocenters. The number of ether oxygens (including phenoxy) is 2. The molecule has 18 heavy (non-hydrogen) atoms. The molecule has 1 aromatic rings. The third-order valence-corrected chi connectivity index (χ3v) is 2.88. The summed E-state index contributed by atoms with van der Waals surface area (Å²) in [5, 5.41) is 18.5. The molecule has 0 spiro atoms. The standard InChI is InChI=1S/C13H18O5/c1-13(2,7-14)9-5-8(12(15)16)10(17-3)6-11(9)18-4/h5-6,14H,7H2,1-4H3,(H,15,16). The van der Waals surface area contributed by atoms with Crippen LogP contribution in [0.25, 0.3) is 0 Å². The summed E-state index contributed by atoms with van der Waals surface area (Å²) in [5.41, 5.74) is 0.0856. The fourth-order valence-corrected chi connectivity index (χ4v) is 1.68. The van der Waals surface area contributed by atoms with Crippen LogP contribution in [-0.2, 0) is 5.41 Å². The van der Waals surface area contributed by atoms with E-state index in [4.69, 9.17) is 14.6 Å². The number of carboxylic acids is 1. The molecule has 0 amide bonds. The fourth-order valence-electron chi connectivity index (χ4n) is 1.68. The maximum absolute atomic E-state index is 11.2. The van der Waals surface area contributed by atoms with Gasteiger partial charge in [-0.25, -0.2) is 4.79 Å². The summed E-state index contributed by atoms with van der Waals surface area (Å²) in [6, 6.07) is 3.01. The monoisotopic (exact) mass is 254 g/mol. The van der Waals surface area contributed by atoms with Gasteiger partial charge in [0.05, 0.1) is 20.8 Å². The predicted molar refractivity (Wildman–Crippen MR) is 66.6 cm³/mol. The van der Waals surface area contributed by atoms with Crippen molar-refractivity contribution < 1.29 is 24.5 Å². The average molecular weight is 254 g/mol. The number of rotatable bonds is 5. The molecule has 0 aliphatic rings. The van der Waals surface area contributed by atoms with Crippen molar-refractivity contribution in [2.75, 3.05) is 20.8 Å². The lowest BCUT2D eigenvalue weighted by Crippen LogP contribution is -2.23. The smallest absolute Gasteiger partial charge is 0.339 e. The minimum absolute atomic E-state index is 0.0508. The number of carbonyl (C=O) groups is 1. The molecule has 100 valence electrons. The van der Waals surface area contributed by atoms with Gasteiger partial charge < -0.3 is 19.7 Å². The van der Waals surface area contributed by atoms with Gasteiger partial charge in [-0.1, -0.05) is 13.8 Å². The molecule has 0 bridgehead atoms. The first kappa shape index (κ1) is 14.3. The van der Waals surface area contributed by atoms with Gasteiger partial charge in [-0.15, -0.1) is 0 Å². The van der Waals surface area contributed by atoms with Gasteiger partial charge in [-0.3, -0.25) is 0 Å². The summed E-state index contributed by atoms with van der Waals surface area (Å²) in [5.74, 6) is -0.350. The van der Waals surface area contributed by atoms with Crippen LogP contribution in [0.15, 0.2) is 12.1 Å². The molecular weight excluding hydrogens is 236 g/mol. The molecule has 1 aromatic carbocycles. The van der Waals surface area contributed by atoms with Crippen LogP contribution in [0.1, 0.15) is 29.8 Å². The van der Waals surface area contributed by atoms with Gasteiger partial charge >= 0.3 is 5.97 Å². The van der Waals surface area contributed by atoms with Crippen LogP contribution in [0.4, 0.5) is 0 Å². The molecule has 5 heteroatoms. The Bertz CT molecular complexity index is 451. The van der Waals surface area contributed by atoms with E-state index in [1.807, 2.05) is 13.8 Å². The Hall–Kier alpha value is -1.75. The molecule has 0 atom stereocenters. The van der Waals surface area contributed by atoms with Crippen LogP contribution in [0, 0.1) is 0 Å². The first-order chi connectivity index (χ1) is 8.37. The number of aliphatic hydroxyl groups is 1. The van der Waals surface area contributed by atoms with Crippen LogP contribution >= 0.6 is 0 Å². The van der Waals surface area contributed by atoms with E-state index in [1.165, 1.54) is 26.4 Å². The molecule has 0 radical (unpaired) electrons. The highest BCUT2D eigenvalue weighted by molar-refractivity contribution is 5.91. The predicted octanol–water partition coefficient (Wildman–Crippen LogP) is 1.67. The highest BCUT2D eigenvalue weighted by Crippen LogP contribution is 2.36. The molecule has 0 aliphatic heterocycles. The second-order valence-electron chi connectivity index (χ2n) is 4.60. The van der Waals surface area contributed by atoms with Crippen molar-refractivity contribution in [2.45, 2.75) is 19.3 Å². The minimum atomic E-state index is -1.08. The van der Waals surface area contributed by atoms with E-state index in [0.717, 1.165) is 0 Å². The third-order valence-electron chi connectivity index (χ3n) is 2.88. The molecule has 0 aromatic heterocycles. The van der Waals surface area contributed by atoms with E-state index in [9.17, 15) is 9.90 Å². The van der Waals surface area contributed by atoms with Crippen LogP contribution < -0.4 is 9.47 Å². The fraction of sp³-hybridized carbons (Fsp3) is 0.462. The summed E-state index contributed by atoms with van der Waals surface area (Å²) in [6.45, 7) is 3.50. The van der Waals surface area contributed by atoms with Gasteiger partial charge in [0.15, 0.2) is 0 Å². The third kappa shape index (κ3) is 2.56. The molecule has 5 nitrogen and oxygen atoms in total. The summed E-state index contributed by atoms with van der Waals surface area (Å²) < 4.78 is 10.3. The number of hydrogen-bond acceptors (Lipinski definition) is 4. The Balaban J connectivity index is 3.51. The van der Waals surface area contributed by atoms with Gasteiger partial charge in [0, 0.05) is 17.0 Å². The van der Waals surface area contributed by atoms with Crippen molar-refractivity contribution in [1.82, 2.24) is 0 Å². The van der Waals surface area contributed by atoms with Gasteiger partial charge in [0.1, 0.15) is 17.1 Å². The first-order valence-corrected chi connectivity index (χ1v) is 5.48. The maximum atomic E-state index is 11.2. The zero-order chi connectivity index (χ0) is 13.9. The van der Waals surface area contributed by atoms with Crippen molar-refractivity contribution in [3.05, 3.63) is 23.3 Å². The lowest BCUT2D eigenvalue weighted by atomic mass is 9.84. The summed E-state index contributed by atoms with van der Waals surface area (Å²) in [4.78, 5) is 11.2. The van der Waals surface area contributed by atoms with Gasteiger partial charge in [-0.2, -0.15) is 0 Å². The SMILES string of the molecule is COc1cc(OC)c(C(C)(C)CO)cc1C(=O)O. The lowest BCUT2D eigenvalue weighted by Gasteiger charge is -2.25. The number of benzene rings is 1. The number of methoxy groups -OCH3 is 2. The molecule has 2 N–H and O–H groups in total. The molecule has 0 saturated carbocycles. The maximum Gasteiger partial charge on any atom is 0.339 e. The average Bonchev–Trinajstić information content (AvgIpc) is 2.36. The van der Waals surface area contributed by atoms with Gasteiger partial charge in [0.2, 0.25) is 0 Å². The number of aliphatic hydroxyl groups excluding tert-OH is 1. The second kappa shape index (κ2) is 5.27. The molecular formula is C13H18O5. The van der Waals surface area contributed by atoms with E-state index in [1.54, 1.807) is 0 Å². The molecule has 0 saturated heterocycles. The van der Waals surface area contributed by atoms with E-state index >= 15 is 0 Å². The van der Waals surface area contributed by atoms with Crippen molar-refractivity contribution in [1.29, 1.82) is 0 Å².